The molecule has 0 bridgehead atoms. The van der Waals surface area contributed by atoms with E-state index in [1.165, 1.54) is 6.08 Å². The van der Waals surface area contributed by atoms with Gasteiger partial charge in [0.2, 0.25) is 0 Å². The van der Waals surface area contributed by atoms with Crippen LogP contribution in [0.1, 0.15) is 28.8 Å². The quantitative estimate of drug-likeness (QED) is 0.223. The van der Waals surface area contributed by atoms with Crippen LogP contribution in [0.3, 0.4) is 0 Å². The molecule has 1 heterocycles. The lowest BCUT2D eigenvalue weighted by molar-refractivity contribution is -0.147. The highest BCUT2D eigenvalue weighted by Gasteiger charge is 2.18. The van der Waals surface area contributed by atoms with Crippen molar-refractivity contribution in [1.82, 2.24) is 4.90 Å². The molecule has 9 heteroatoms. The Morgan fingerprint density at radius 2 is 1.62 bits per heavy atom. The molecule has 0 atom stereocenters. The number of hydrogen-bond acceptors (Lipinski definition) is 6. The number of nitrogens with two attached hydrogens (primary N) is 2. The van der Waals surface area contributed by atoms with E-state index in [1.807, 2.05) is 0 Å². The van der Waals surface area contributed by atoms with Gasteiger partial charge in [-0.25, -0.2) is 14.6 Å². The number of likely N-dealkylation sites (tertiary alicyclic amines) is 1. The van der Waals surface area contributed by atoms with Gasteiger partial charge in [0.1, 0.15) is 5.75 Å². The highest BCUT2D eigenvalue weighted by Crippen LogP contribution is 2.17. The third-order valence-corrected chi connectivity index (χ3v) is 4.66. The predicted octanol–water partition coefficient (Wildman–Crippen LogP) is 1.99. The van der Waals surface area contributed by atoms with Crippen LogP contribution in [0.2, 0.25) is 0 Å². The van der Waals surface area contributed by atoms with Crippen molar-refractivity contribution in [3.05, 3.63) is 65.7 Å². The Balaban J connectivity index is 1.48. The second-order valence-electron chi connectivity index (χ2n) is 7.07. The first-order valence-corrected chi connectivity index (χ1v) is 10.1. The topological polar surface area (TPSA) is 137 Å². The Kier molecular flexibility index (Phi) is 7.58. The van der Waals surface area contributed by atoms with Gasteiger partial charge in [-0.05, 0) is 60.9 Å². The molecule has 32 heavy (non-hydrogen) atoms. The summed E-state index contributed by atoms with van der Waals surface area (Å²) in [4.78, 5) is 41.5. The molecule has 3 rings (SSSR count). The summed E-state index contributed by atoms with van der Waals surface area (Å²) in [6.07, 6.45) is 4.76. The number of ether oxygens (including phenoxy) is 2. The first kappa shape index (κ1) is 22.5. The van der Waals surface area contributed by atoms with Crippen LogP contribution in [0.25, 0.3) is 6.08 Å². The van der Waals surface area contributed by atoms with Gasteiger partial charge in [0.05, 0.1) is 11.3 Å². The fourth-order valence-corrected chi connectivity index (χ4v) is 3.04. The van der Waals surface area contributed by atoms with E-state index < -0.39 is 11.9 Å². The van der Waals surface area contributed by atoms with Crippen LogP contribution in [-0.2, 0) is 14.3 Å². The molecule has 0 unspecified atom stereocenters. The van der Waals surface area contributed by atoms with Crippen LogP contribution in [0, 0.1) is 0 Å². The zero-order valence-corrected chi connectivity index (χ0v) is 17.4. The highest BCUT2D eigenvalue weighted by atomic mass is 16.5. The minimum Gasteiger partial charge on any atom is -0.452 e. The van der Waals surface area contributed by atoms with E-state index in [0.29, 0.717) is 35.7 Å². The summed E-state index contributed by atoms with van der Waals surface area (Å²) in [6, 6.07) is 12.9. The van der Waals surface area contributed by atoms with E-state index in [2.05, 4.69) is 4.99 Å². The summed E-state index contributed by atoms with van der Waals surface area (Å²) in [7, 11) is 0. The van der Waals surface area contributed by atoms with Gasteiger partial charge in [-0.2, -0.15) is 0 Å². The molecule has 1 amide bonds. The number of hydrogen-bond donors (Lipinski definition) is 2. The molecular formula is C23H24N4O5. The summed E-state index contributed by atoms with van der Waals surface area (Å²) in [5.74, 6) is -1.04. The van der Waals surface area contributed by atoms with E-state index in [9.17, 15) is 14.4 Å². The standard InChI is InChI=1S/C23H24N4O5/c24-23(25)26-18-8-6-17(7-9-18)22(30)32-19-10-3-16(4-11-19)5-12-21(29)31-15-20(28)27-13-1-2-14-27/h3-12H,1-2,13-15H2,(H4,24,25,26). The number of amides is 1. The average molecular weight is 436 g/mol. The Bertz CT molecular complexity index is 1020. The van der Waals surface area contributed by atoms with Gasteiger partial charge in [0.15, 0.2) is 12.6 Å². The third kappa shape index (κ3) is 6.69. The number of aliphatic imine (C=N–C) groups is 1. The fourth-order valence-electron chi connectivity index (χ4n) is 3.04. The summed E-state index contributed by atoms with van der Waals surface area (Å²) in [5.41, 5.74) is 12.2. The first-order valence-electron chi connectivity index (χ1n) is 10.1. The van der Waals surface area contributed by atoms with E-state index >= 15 is 0 Å². The van der Waals surface area contributed by atoms with Gasteiger partial charge >= 0.3 is 11.9 Å². The Labute approximate surface area is 185 Å². The molecule has 0 saturated carbocycles. The molecule has 166 valence electrons. The van der Waals surface area contributed by atoms with Crippen molar-refractivity contribution in [3.63, 3.8) is 0 Å². The SMILES string of the molecule is NC(N)=Nc1ccc(C(=O)Oc2ccc(C=CC(=O)OCC(=O)N3CCCC3)cc2)cc1. The van der Waals surface area contributed by atoms with Crippen LogP contribution in [0.15, 0.2) is 59.6 Å². The van der Waals surface area contributed by atoms with Crippen LogP contribution in [0.4, 0.5) is 5.69 Å². The van der Waals surface area contributed by atoms with Gasteiger partial charge in [-0.15, -0.1) is 0 Å². The normalized spacial score (nSPS) is 13.1. The molecular weight excluding hydrogens is 412 g/mol. The van der Waals surface area contributed by atoms with E-state index in [-0.39, 0.29) is 18.5 Å². The molecule has 0 aliphatic carbocycles. The van der Waals surface area contributed by atoms with Gasteiger partial charge in [-0.3, -0.25) is 4.79 Å². The lowest BCUT2D eigenvalue weighted by atomic mass is 10.2. The van der Waals surface area contributed by atoms with Crippen LogP contribution in [-0.4, -0.2) is 48.4 Å². The zero-order chi connectivity index (χ0) is 22.9. The molecule has 1 saturated heterocycles. The molecule has 0 radical (unpaired) electrons. The molecule has 4 N–H and O–H groups in total. The zero-order valence-electron chi connectivity index (χ0n) is 17.4. The number of esters is 2. The predicted molar refractivity (Wildman–Crippen MR) is 119 cm³/mol. The molecule has 0 aromatic heterocycles. The van der Waals surface area contributed by atoms with Gasteiger partial charge in [-0.1, -0.05) is 12.1 Å². The number of carbonyl (C=O) groups is 3. The van der Waals surface area contributed by atoms with Gasteiger partial charge in [0.25, 0.3) is 5.91 Å². The highest BCUT2D eigenvalue weighted by molar-refractivity contribution is 5.92. The monoisotopic (exact) mass is 436 g/mol. The molecule has 1 aliphatic heterocycles. The van der Waals surface area contributed by atoms with Crippen molar-refractivity contribution in [2.45, 2.75) is 12.8 Å². The Hall–Kier alpha value is -4.14. The maximum atomic E-state index is 12.3. The largest absolute Gasteiger partial charge is 0.452 e. The summed E-state index contributed by atoms with van der Waals surface area (Å²) in [5, 5.41) is 0. The maximum Gasteiger partial charge on any atom is 0.343 e. The minimum absolute atomic E-state index is 0.0710. The fraction of sp³-hybridized carbons (Fsp3) is 0.217. The van der Waals surface area contributed by atoms with Crippen LogP contribution in [0.5, 0.6) is 5.75 Å². The van der Waals surface area contributed by atoms with Crippen molar-refractivity contribution in [3.8, 4) is 5.75 Å². The van der Waals surface area contributed by atoms with Crippen LogP contribution >= 0.6 is 0 Å². The van der Waals surface area contributed by atoms with Gasteiger partial charge < -0.3 is 25.8 Å². The van der Waals surface area contributed by atoms with Crippen molar-refractivity contribution in [1.29, 1.82) is 0 Å². The molecule has 0 spiro atoms. The molecule has 9 nitrogen and oxygen atoms in total. The number of nitrogens with zero attached hydrogens (tertiary/aromatic N) is 2. The van der Waals surface area contributed by atoms with Crippen molar-refractivity contribution < 1.29 is 23.9 Å². The van der Waals surface area contributed by atoms with E-state index in [0.717, 1.165) is 12.8 Å². The Morgan fingerprint density at radius 3 is 2.25 bits per heavy atom. The first-order chi connectivity index (χ1) is 15.4. The minimum atomic E-state index is -0.600. The average Bonchev–Trinajstić information content (AvgIpc) is 3.32. The molecule has 2 aromatic carbocycles. The van der Waals surface area contributed by atoms with Crippen molar-refractivity contribution >= 4 is 35.6 Å². The molecule has 1 fully saturated rings. The second-order valence-corrected chi connectivity index (χ2v) is 7.07. The lowest BCUT2D eigenvalue weighted by Gasteiger charge is -2.14. The van der Waals surface area contributed by atoms with E-state index in [4.69, 9.17) is 20.9 Å². The van der Waals surface area contributed by atoms with Crippen molar-refractivity contribution in [2.75, 3.05) is 19.7 Å². The molecule has 2 aromatic rings. The van der Waals surface area contributed by atoms with Crippen LogP contribution < -0.4 is 16.2 Å². The molecule has 1 aliphatic rings. The summed E-state index contributed by atoms with van der Waals surface area (Å²) in [6.45, 7) is 1.17. The number of carbonyl (C=O) groups excluding carboxylic acids is 3. The lowest BCUT2D eigenvalue weighted by Crippen LogP contribution is -2.31. The number of rotatable bonds is 7. The second kappa shape index (κ2) is 10.8. The summed E-state index contributed by atoms with van der Waals surface area (Å²) >= 11 is 0. The number of benzene rings is 2. The number of guanidine groups is 1. The summed E-state index contributed by atoms with van der Waals surface area (Å²) < 4.78 is 10.3. The maximum absolute atomic E-state index is 12.3. The van der Waals surface area contributed by atoms with Gasteiger partial charge in [0, 0.05) is 19.2 Å². The van der Waals surface area contributed by atoms with E-state index in [1.54, 1.807) is 59.5 Å². The smallest absolute Gasteiger partial charge is 0.343 e. The van der Waals surface area contributed by atoms with Crippen molar-refractivity contribution in [2.24, 2.45) is 16.5 Å². The third-order valence-electron chi connectivity index (χ3n) is 4.66. The Morgan fingerprint density at radius 1 is 0.969 bits per heavy atom.